The van der Waals surface area contributed by atoms with E-state index in [1.807, 2.05) is 0 Å². The number of ketones is 1. The van der Waals surface area contributed by atoms with Crippen LogP contribution in [0.1, 0.15) is 53.2 Å². The van der Waals surface area contributed by atoms with Gasteiger partial charge in [-0.25, -0.2) is 0 Å². The number of carbonyl (C=O) groups excluding carboxylic acids is 1. The quantitative estimate of drug-likeness (QED) is 0.775. The maximum atomic E-state index is 12.7. The Balaban J connectivity index is 2.10. The summed E-state index contributed by atoms with van der Waals surface area (Å²) in [5, 5.41) is 0. The van der Waals surface area contributed by atoms with Crippen molar-refractivity contribution in [3.63, 3.8) is 0 Å². The molecule has 0 amide bonds. The number of hydrogen-bond acceptors (Lipinski definition) is 2. The summed E-state index contributed by atoms with van der Waals surface area (Å²) < 4.78 is 0. The Morgan fingerprint density at radius 3 is 2.20 bits per heavy atom. The lowest BCUT2D eigenvalue weighted by Crippen LogP contribution is -2.36. The zero-order valence-electron chi connectivity index (χ0n) is 13.3. The molecule has 1 aliphatic heterocycles. The van der Waals surface area contributed by atoms with E-state index in [1.54, 1.807) is 0 Å². The van der Waals surface area contributed by atoms with Crippen LogP contribution in [0.4, 0.5) is 0 Å². The van der Waals surface area contributed by atoms with Crippen molar-refractivity contribution in [2.75, 3.05) is 19.6 Å². The summed E-state index contributed by atoms with van der Waals surface area (Å²) in [4.78, 5) is 15.2. The molecule has 0 N–H and O–H groups in total. The minimum atomic E-state index is 0.0909. The molecule has 0 spiro atoms. The fraction of sp³-hybridized carbons (Fsp3) is 0.611. The smallest absolute Gasteiger partial charge is 0.167 e. The zero-order valence-corrected chi connectivity index (χ0v) is 13.3. The van der Waals surface area contributed by atoms with Gasteiger partial charge in [-0.3, -0.25) is 4.79 Å². The summed E-state index contributed by atoms with van der Waals surface area (Å²) >= 11 is 0. The van der Waals surface area contributed by atoms with Gasteiger partial charge in [0.25, 0.3) is 0 Å². The zero-order chi connectivity index (χ0) is 14.7. The van der Waals surface area contributed by atoms with Crippen LogP contribution in [0.5, 0.6) is 0 Å². The number of nitrogens with zero attached hydrogens (tertiary/aromatic N) is 1. The number of likely N-dealkylation sites (tertiary alicyclic amines) is 1. The van der Waals surface area contributed by atoms with Crippen LogP contribution < -0.4 is 0 Å². The molecule has 1 aromatic carbocycles. The number of piperidine rings is 1. The van der Waals surface area contributed by atoms with E-state index in [2.05, 4.69) is 44.7 Å². The molecule has 0 radical (unpaired) electrons. The van der Waals surface area contributed by atoms with Crippen molar-refractivity contribution in [3.8, 4) is 0 Å². The van der Waals surface area contributed by atoms with E-state index in [4.69, 9.17) is 0 Å². The molecule has 2 rings (SSSR count). The first-order chi connectivity index (χ1) is 9.49. The summed E-state index contributed by atoms with van der Waals surface area (Å²) in [5.74, 6) is 0.402. The standard InChI is InChI=1S/C18H27NO/c1-13-10-14(2)17(15(3)11-13)18(20)16(4)12-19-8-6-5-7-9-19/h10-11,16H,5-9,12H2,1-4H3. The van der Waals surface area contributed by atoms with Gasteiger partial charge in [-0.05, 0) is 57.8 Å². The summed E-state index contributed by atoms with van der Waals surface area (Å²) in [6.45, 7) is 11.5. The first-order valence-electron chi connectivity index (χ1n) is 7.83. The molecular formula is C18H27NO. The number of benzene rings is 1. The van der Waals surface area contributed by atoms with Crippen LogP contribution >= 0.6 is 0 Å². The topological polar surface area (TPSA) is 20.3 Å². The Labute approximate surface area is 123 Å². The molecule has 1 aromatic rings. The number of aryl methyl sites for hydroxylation is 3. The first-order valence-corrected chi connectivity index (χ1v) is 7.83. The van der Waals surface area contributed by atoms with E-state index in [-0.39, 0.29) is 5.92 Å². The van der Waals surface area contributed by atoms with Gasteiger partial charge in [0.2, 0.25) is 0 Å². The molecule has 2 heteroatoms. The van der Waals surface area contributed by atoms with Crippen molar-refractivity contribution < 1.29 is 4.79 Å². The second kappa shape index (κ2) is 6.53. The van der Waals surface area contributed by atoms with Crippen LogP contribution in [0.2, 0.25) is 0 Å². The van der Waals surface area contributed by atoms with Gasteiger partial charge >= 0.3 is 0 Å². The molecule has 1 aliphatic rings. The molecule has 1 atom stereocenters. The van der Waals surface area contributed by atoms with E-state index in [0.717, 1.165) is 36.3 Å². The number of Topliss-reactive ketones (excluding diaryl/α,β-unsaturated/α-hetero) is 1. The number of carbonyl (C=O) groups is 1. The average Bonchev–Trinajstić information content (AvgIpc) is 2.38. The third-order valence-electron chi connectivity index (χ3n) is 4.35. The van der Waals surface area contributed by atoms with E-state index in [1.165, 1.54) is 24.8 Å². The second-order valence-electron chi connectivity index (χ2n) is 6.40. The molecule has 1 saturated heterocycles. The molecule has 20 heavy (non-hydrogen) atoms. The van der Waals surface area contributed by atoms with Gasteiger partial charge in [0.05, 0.1) is 0 Å². The van der Waals surface area contributed by atoms with E-state index in [9.17, 15) is 4.79 Å². The normalized spacial score (nSPS) is 18.0. The summed E-state index contributed by atoms with van der Waals surface area (Å²) in [6.07, 6.45) is 3.90. The van der Waals surface area contributed by atoms with Gasteiger partial charge in [-0.1, -0.05) is 31.0 Å². The maximum absolute atomic E-state index is 12.7. The third kappa shape index (κ3) is 3.49. The molecule has 0 bridgehead atoms. The Kier molecular flexibility index (Phi) is 4.98. The van der Waals surface area contributed by atoms with Gasteiger partial charge < -0.3 is 4.90 Å². The minimum Gasteiger partial charge on any atom is -0.303 e. The first kappa shape index (κ1) is 15.2. The lowest BCUT2D eigenvalue weighted by molar-refractivity contribution is 0.0882. The highest BCUT2D eigenvalue weighted by Crippen LogP contribution is 2.21. The van der Waals surface area contributed by atoms with Crippen LogP contribution in [0.3, 0.4) is 0 Å². The van der Waals surface area contributed by atoms with Crippen molar-refractivity contribution in [3.05, 3.63) is 34.4 Å². The van der Waals surface area contributed by atoms with Crippen LogP contribution in [-0.2, 0) is 0 Å². The Morgan fingerprint density at radius 2 is 1.65 bits per heavy atom. The van der Waals surface area contributed by atoms with E-state index in [0.29, 0.717) is 5.78 Å². The molecule has 0 saturated carbocycles. The van der Waals surface area contributed by atoms with Gasteiger partial charge in [-0.2, -0.15) is 0 Å². The highest BCUT2D eigenvalue weighted by Gasteiger charge is 2.22. The largest absolute Gasteiger partial charge is 0.303 e. The summed E-state index contributed by atoms with van der Waals surface area (Å²) in [6, 6.07) is 4.24. The molecule has 0 aromatic heterocycles. The minimum absolute atomic E-state index is 0.0909. The lowest BCUT2D eigenvalue weighted by atomic mass is 9.90. The van der Waals surface area contributed by atoms with Crippen molar-refractivity contribution in [1.82, 2.24) is 4.90 Å². The molecular weight excluding hydrogens is 246 g/mol. The van der Waals surface area contributed by atoms with Crippen molar-refractivity contribution in [2.45, 2.75) is 47.0 Å². The molecule has 1 heterocycles. The fourth-order valence-corrected chi connectivity index (χ4v) is 3.43. The van der Waals surface area contributed by atoms with E-state index < -0.39 is 0 Å². The fourth-order valence-electron chi connectivity index (χ4n) is 3.43. The average molecular weight is 273 g/mol. The van der Waals surface area contributed by atoms with Crippen LogP contribution in [0.25, 0.3) is 0 Å². The third-order valence-corrected chi connectivity index (χ3v) is 4.35. The van der Waals surface area contributed by atoms with Gasteiger partial charge in [-0.15, -0.1) is 0 Å². The summed E-state index contributed by atoms with van der Waals surface area (Å²) in [7, 11) is 0. The molecule has 2 nitrogen and oxygen atoms in total. The van der Waals surface area contributed by atoms with Crippen molar-refractivity contribution in [2.24, 2.45) is 5.92 Å². The predicted octanol–water partition coefficient (Wildman–Crippen LogP) is 3.92. The van der Waals surface area contributed by atoms with Crippen molar-refractivity contribution >= 4 is 5.78 Å². The monoisotopic (exact) mass is 273 g/mol. The summed E-state index contributed by atoms with van der Waals surface area (Å²) in [5.41, 5.74) is 4.43. The molecule has 1 unspecified atom stereocenters. The highest BCUT2D eigenvalue weighted by molar-refractivity contribution is 6.00. The van der Waals surface area contributed by atoms with Crippen LogP contribution in [0, 0.1) is 26.7 Å². The van der Waals surface area contributed by atoms with Gasteiger partial charge in [0.1, 0.15) is 0 Å². The lowest BCUT2D eigenvalue weighted by Gasteiger charge is -2.29. The van der Waals surface area contributed by atoms with Crippen LogP contribution in [0.15, 0.2) is 12.1 Å². The second-order valence-corrected chi connectivity index (χ2v) is 6.40. The SMILES string of the molecule is Cc1cc(C)c(C(=O)C(C)CN2CCCCC2)c(C)c1. The number of rotatable bonds is 4. The molecule has 1 fully saturated rings. The van der Waals surface area contributed by atoms with Gasteiger partial charge in [0, 0.05) is 18.0 Å². The Bertz CT molecular complexity index is 463. The predicted molar refractivity (Wildman–Crippen MR) is 84.4 cm³/mol. The van der Waals surface area contributed by atoms with E-state index >= 15 is 0 Å². The Morgan fingerprint density at radius 1 is 1.10 bits per heavy atom. The maximum Gasteiger partial charge on any atom is 0.167 e. The number of hydrogen-bond donors (Lipinski definition) is 0. The Hall–Kier alpha value is -1.15. The molecule has 110 valence electrons. The highest BCUT2D eigenvalue weighted by atomic mass is 16.1. The van der Waals surface area contributed by atoms with Crippen LogP contribution in [-0.4, -0.2) is 30.3 Å². The molecule has 0 aliphatic carbocycles. The van der Waals surface area contributed by atoms with Gasteiger partial charge in [0.15, 0.2) is 5.78 Å². The van der Waals surface area contributed by atoms with Crippen molar-refractivity contribution in [1.29, 1.82) is 0 Å².